The smallest absolute Gasteiger partial charge is 0.274 e. The Bertz CT molecular complexity index is 1270. The van der Waals surface area contributed by atoms with Crippen LogP contribution in [0, 0.1) is 19.8 Å². The molecule has 1 saturated carbocycles. The van der Waals surface area contributed by atoms with Crippen molar-refractivity contribution in [3.8, 4) is 5.82 Å². The molecule has 2 heterocycles. The number of Topliss-reactive ketones (excluding diaryl/α,β-unsaturated/α-hetero) is 1. The van der Waals surface area contributed by atoms with Crippen molar-refractivity contribution in [2.24, 2.45) is 5.92 Å². The topological polar surface area (TPSA) is 106 Å². The van der Waals surface area contributed by atoms with Crippen molar-refractivity contribution in [1.82, 2.24) is 20.1 Å². The summed E-state index contributed by atoms with van der Waals surface area (Å²) in [6.45, 7) is 3.41. The van der Waals surface area contributed by atoms with E-state index in [9.17, 15) is 14.4 Å². The zero-order chi connectivity index (χ0) is 23.7. The van der Waals surface area contributed by atoms with Gasteiger partial charge >= 0.3 is 0 Å². The number of anilines is 1. The molecule has 2 amide bonds. The van der Waals surface area contributed by atoms with E-state index in [0.717, 1.165) is 12.8 Å². The molecule has 1 aliphatic carbocycles. The minimum Gasteiger partial charge on any atom is -0.345 e. The molecule has 33 heavy (non-hydrogen) atoms. The molecule has 1 aromatic carbocycles. The van der Waals surface area contributed by atoms with Gasteiger partial charge in [0.1, 0.15) is 5.69 Å². The second-order valence-corrected chi connectivity index (χ2v) is 8.76. The third-order valence-corrected chi connectivity index (χ3v) is 5.76. The summed E-state index contributed by atoms with van der Waals surface area (Å²) in [5.41, 5.74) is 1.83. The fraction of sp³-hybridized carbons (Fsp3) is 0.261. The Hall–Kier alpha value is -3.23. The summed E-state index contributed by atoms with van der Waals surface area (Å²) in [4.78, 5) is 42.3. The molecule has 3 aromatic rings. The SMILES string of the molecule is Cc1cc(C(=O)Nc2c(C)cc(Cl)cc2C(=O)NCC(=O)C2CC2)n(-c2ncccc2Cl)n1. The van der Waals surface area contributed by atoms with E-state index < -0.39 is 11.8 Å². The van der Waals surface area contributed by atoms with Crippen molar-refractivity contribution in [2.75, 3.05) is 11.9 Å². The lowest BCUT2D eigenvalue weighted by molar-refractivity contribution is -0.119. The molecule has 1 aliphatic rings. The maximum atomic E-state index is 13.2. The van der Waals surface area contributed by atoms with Crippen LogP contribution < -0.4 is 10.6 Å². The van der Waals surface area contributed by atoms with Gasteiger partial charge in [-0.1, -0.05) is 23.2 Å². The molecule has 0 atom stereocenters. The fourth-order valence-corrected chi connectivity index (χ4v) is 3.91. The average Bonchev–Trinajstić information content (AvgIpc) is 3.55. The highest BCUT2D eigenvalue weighted by Gasteiger charge is 2.29. The molecule has 2 N–H and O–H groups in total. The molecule has 0 bridgehead atoms. The van der Waals surface area contributed by atoms with Crippen molar-refractivity contribution >= 4 is 46.5 Å². The summed E-state index contributed by atoms with van der Waals surface area (Å²) >= 11 is 12.4. The van der Waals surface area contributed by atoms with Crippen LogP contribution in [0.2, 0.25) is 10.0 Å². The minimum atomic E-state index is -0.508. The van der Waals surface area contributed by atoms with Gasteiger partial charge in [0.05, 0.1) is 28.5 Å². The normalized spacial score (nSPS) is 13.0. The fourth-order valence-electron chi connectivity index (χ4n) is 3.43. The molecule has 0 unspecified atom stereocenters. The molecule has 8 nitrogen and oxygen atoms in total. The molecular weight excluding hydrogens is 465 g/mol. The van der Waals surface area contributed by atoms with Crippen molar-refractivity contribution in [1.29, 1.82) is 0 Å². The van der Waals surface area contributed by atoms with E-state index in [0.29, 0.717) is 32.8 Å². The number of carbonyl (C=O) groups excluding carboxylic acids is 3. The van der Waals surface area contributed by atoms with Crippen LogP contribution in [0.15, 0.2) is 36.5 Å². The van der Waals surface area contributed by atoms with Gasteiger partial charge in [0, 0.05) is 17.1 Å². The highest BCUT2D eigenvalue weighted by molar-refractivity contribution is 6.32. The summed E-state index contributed by atoms with van der Waals surface area (Å²) in [6.07, 6.45) is 3.27. The van der Waals surface area contributed by atoms with Crippen LogP contribution in [0.5, 0.6) is 0 Å². The van der Waals surface area contributed by atoms with Crippen LogP contribution >= 0.6 is 23.2 Å². The van der Waals surface area contributed by atoms with Gasteiger partial charge in [-0.3, -0.25) is 14.4 Å². The Morgan fingerprint density at radius 2 is 1.88 bits per heavy atom. The molecule has 0 radical (unpaired) electrons. The van der Waals surface area contributed by atoms with Gasteiger partial charge in [0.15, 0.2) is 11.6 Å². The van der Waals surface area contributed by atoms with Crippen molar-refractivity contribution in [3.63, 3.8) is 0 Å². The Morgan fingerprint density at radius 3 is 2.58 bits per heavy atom. The van der Waals surface area contributed by atoms with Crippen molar-refractivity contribution in [2.45, 2.75) is 26.7 Å². The third-order valence-electron chi connectivity index (χ3n) is 5.24. The van der Waals surface area contributed by atoms with Crippen LogP contribution in [0.4, 0.5) is 5.69 Å². The van der Waals surface area contributed by atoms with Gasteiger partial charge in [-0.05, 0) is 62.6 Å². The average molecular weight is 486 g/mol. The number of benzene rings is 1. The lowest BCUT2D eigenvalue weighted by atomic mass is 10.1. The second-order valence-electron chi connectivity index (χ2n) is 7.91. The predicted molar refractivity (Wildman–Crippen MR) is 125 cm³/mol. The van der Waals surface area contributed by atoms with Gasteiger partial charge < -0.3 is 10.6 Å². The largest absolute Gasteiger partial charge is 0.345 e. The summed E-state index contributed by atoms with van der Waals surface area (Å²) in [7, 11) is 0. The number of rotatable bonds is 7. The summed E-state index contributed by atoms with van der Waals surface area (Å²) in [6, 6.07) is 8.02. The lowest BCUT2D eigenvalue weighted by Crippen LogP contribution is -2.31. The molecule has 170 valence electrons. The maximum absolute atomic E-state index is 13.2. The highest BCUT2D eigenvalue weighted by Crippen LogP contribution is 2.30. The summed E-state index contributed by atoms with van der Waals surface area (Å²) in [5, 5.41) is 10.4. The first-order valence-electron chi connectivity index (χ1n) is 10.3. The molecule has 1 fully saturated rings. The number of amides is 2. The first-order valence-corrected chi connectivity index (χ1v) is 11.1. The van der Waals surface area contributed by atoms with E-state index in [1.807, 2.05) is 0 Å². The molecule has 0 spiro atoms. The number of halogens is 2. The van der Waals surface area contributed by atoms with Crippen LogP contribution in [-0.4, -0.2) is 38.9 Å². The van der Waals surface area contributed by atoms with Crippen LogP contribution in [-0.2, 0) is 4.79 Å². The van der Waals surface area contributed by atoms with Crippen molar-refractivity contribution < 1.29 is 14.4 Å². The van der Waals surface area contributed by atoms with Gasteiger partial charge in [0.25, 0.3) is 11.8 Å². The van der Waals surface area contributed by atoms with Crippen molar-refractivity contribution in [3.05, 3.63) is 69.1 Å². The van der Waals surface area contributed by atoms with E-state index in [2.05, 4.69) is 20.7 Å². The van der Waals surface area contributed by atoms with Crippen LogP contribution in [0.3, 0.4) is 0 Å². The zero-order valence-corrected chi connectivity index (χ0v) is 19.5. The summed E-state index contributed by atoms with van der Waals surface area (Å²) in [5.74, 6) is -0.665. The molecule has 2 aromatic heterocycles. The van der Waals surface area contributed by atoms with Gasteiger partial charge in [-0.2, -0.15) is 5.10 Å². The number of carbonyl (C=O) groups is 3. The third kappa shape index (κ3) is 5.07. The molecule has 0 aliphatic heterocycles. The van der Waals surface area contributed by atoms with Crippen LogP contribution in [0.1, 0.15) is 44.9 Å². The number of aromatic nitrogens is 3. The molecule has 0 saturated heterocycles. The number of pyridine rings is 1. The van der Waals surface area contributed by atoms with E-state index in [-0.39, 0.29) is 29.5 Å². The van der Waals surface area contributed by atoms with Gasteiger partial charge in [-0.15, -0.1) is 0 Å². The summed E-state index contributed by atoms with van der Waals surface area (Å²) < 4.78 is 1.35. The second kappa shape index (κ2) is 9.33. The number of nitrogens with zero attached hydrogens (tertiary/aromatic N) is 3. The van der Waals surface area contributed by atoms with E-state index >= 15 is 0 Å². The number of nitrogens with one attached hydrogen (secondary N) is 2. The standard InChI is InChI=1S/C23H21Cl2N5O3/c1-12-8-15(24)10-16(22(32)27-11-19(31)14-5-6-14)20(12)28-23(33)18-9-13(2)29-30(18)21-17(25)4-3-7-26-21/h3-4,7-10,14H,5-6,11H2,1-2H3,(H,27,32)(H,28,33). The quantitative estimate of drug-likeness (QED) is 0.522. The highest BCUT2D eigenvalue weighted by atomic mass is 35.5. The first kappa shape index (κ1) is 22.9. The Labute approximate surface area is 200 Å². The van der Waals surface area contributed by atoms with E-state index in [1.54, 1.807) is 44.3 Å². The Balaban J connectivity index is 1.63. The van der Waals surface area contributed by atoms with Gasteiger partial charge in [-0.25, -0.2) is 9.67 Å². The minimum absolute atomic E-state index is 0.000646. The van der Waals surface area contributed by atoms with E-state index in [4.69, 9.17) is 23.2 Å². The molecule has 4 rings (SSSR count). The monoisotopic (exact) mass is 485 g/mol. The number of aryl methyl sites for hydroxylation is 2. The maximum Gasteiger partial charge on any atom is 0.274 e. The molecule has 10 heteroatoms. The Kier molecular flexibility index (Phi) is 6.49. The lowest BCUT2D eigenvalue weighted by Gasteiger charge is -2.15. The Morgan fingerprint density at radius 1 is 1.12 bits per heavy atom. The predicted octanol–water partition coefficient (Wildman–Crippen LogP) is 4.15. The zero-order valence-electron chi connectivity index (χ0n) is 18.0. The molecular formula is C23H21Cl2N5O3. The number of hydrogen-bond acceptors (Lipinski definition) is 5. The van der Waals surface area contributed by atoms with Gasteiger partial charge in [0.2, 0.25) is 0 Å². The number of ketones is 1. The van der Waals surface area contributed by atoms with Crippen LogP contribution in [0.25, 0.3) is 5.82 Å². The first-order chi connectivity index (χ1) is 15.7. The number of hydrogen-bond donors (Lipinski definition) is 2. The van der Waals surface area contributed by atoms with E-state index in [1.165, 1.54) is 10.7 Å².